The SMILES string of the molecule is CCCC(CCC)SCC(NC(C)=O)C(=O)NCC(O)C(O)C(C(=O)NCc1ccccc1)C(C)C. The lowest BCUT2D eigenvalue weighted by Gasteiger charge is -2.29. The monoisotopic (exact) mass is 523 g/mol. The van der Waals surface area contributed by atoms with E-state index in [-0.39, 0.29) is 24.3 Å². The van der Waals surface area contributed by atoms with Crippen molar-refractivity contribution in [2.24, 2.45) is 11.8 Å². The van der Waals surface area contributed by atoms with E-state index >= 15 is 0 Å². The quantitative estimate of drug-likeness (QED) is 0.214. The van der Waals surface area contributed by atoms with Crippen LogP contribution in [0.4, 0.5) is 0 Å². The lowest BCUT2D eigenvalue weighted by Crippen LogP contribution is -2.52. The van der Waals surface area contributed by atoms with E-state index in [2.05, 4.69) is 29.8 Å². The fraction of sp³-hybridized carbons (Fsp3) is 0.667. The topological polar surface area (TPSA) is 128 Å². The third kappa shape index (κ3) is 11.8. The van der Waals surface area contributed by atoms with Crippen LogP contribution in [0.3, 0.4) is 0 Å². The number of nitrogens with one attached hydrogen (secondary N) is 3. The summed E-state index contributed by atoms with van der Waals surface area (Å²) in [7, 11) is 0. The third-order valence-corrected chi connectivity index (χ3v) is 7.46. The summed E-state index contributed by atoms with van der Waals surface area (Å²) in [6.45, 7) is 9.29. The number of benzene rings is 1. The predicted molar refractivity (Wildman–Crippen MR) is 145 cm³/mol. The zero-order valence-corrected chi connectivity index (χ0v) is 23.1. The molecule has 0 saturated heterocycles. The van der Waals surface area contributed by atoms with Crippen LogP contribution < -0.4 is 16.0 Å². The molecule has 4 unspecified atom stereocenters. The first-order valence-corrected chi connectivity index (χ1v) is 14.0. The van der Waals surface area contributed by atoms with Gasteiger partial charge in [0, 0.05) is 31.0 Å². The number of aliphatic hydroxyl groups excluding tert-OH is 2. The fourth-order valence-corrected chi connectivity index (χ4v) is 5.56. The summed E-state index contributed by atoms with van der Waals surface area (Å²) in [6.07, 6.45) is 1.47. The van der Waals surface area contributed by atoms with E-state index in [0.717, 1.165) is 31.2 Å². The van der Waals surface area contributed by atoms with Crippen molar-refractivity contribution in [3.63, 3.8) is 0 Å². The highest BCUT2D eigenvalue weighted by Gasteiger charge is 2.35. The molecule has 0 heterocycles. The van der Waals surface area contributed by atoms with E-state index in [4.69, 9.17) is 0 Å². The normalized spacial score (nSPS) is 14.7. The van der Waals surface area contributed by atoms with Crippen molar-refractivity contribution in [3.8, 4) is 0 Å². The van der Waals surface area contributed by atoms with Gasteiger partial charge in [-0.3, -0.25) is 14.4 Å². The Kier molecular flexibility index (Phi) is 15.4. The van der Waals surface area contributed by atoms with E-state index in [1.54, 1.807) is 25.6 Å². The Balaban J connectivity index is 2.71. The van der Waals surface area contributed by atoms with Crippen LogP contribution >= 0.6 is 11.8 Å². The molecule has 0 radical (unpaired) electrons. The second-order valence-electron chi connectivity index (χ2n) is 9.56. The van der Waals surface area contributed by atoms with Crippen molar-refractivity contribution in [2.75, 3.05) is 12.3 Å². The van der Waals surface area contributed by atoms with Crippen molar-refractivity contribution >= 4 is 29.5 Å². The maximum absolute atomic E-state index is 12.8. The molecule has 0 fully saturated rings. The molecule has 0 saturated carbocycles. The van der Waals surface area contributed by atoms with Gasteiger partial charge in [0.25, 0.3) is 0 Å². The second kappa shape index (κ2) is 17.4. The Hall–Kier alpha value is -2.10. The van der Waals surface area contributed by atoms with E-state index in [9.17, 15) is 24.6 Å². The van der Waals surface area contributed by atoms with Gasteiger partial charge in [-0.2, -0.15) is 11.8 Å². The highest BCUT2D eigenvalue weighted by atomic mass is 32.2. The van der Waals surface area contributed by atoms with Gasteiger partial charge in [-0.15, -0.1) is 0 Å². The molecule has 9 heteroatoms. The summed E-state index contributed by atoms with van der Waals surface area (Å²) in [5.41, 5.74) is 0.928. The first-order valence-electron chi connectivity index (χ1n) is 12.9. The first kappa shape index (κ1) is 31.9. The zero-order chi connectivity index (χ0) is 27.1. The Morgan fingerprint density at radius 1 is 0.944 bits per heavy atom. The van der Waals surface area contributed by atoms with Crippen LogP contribution in [0.5, 0.6) is 0 Å². The third-order valence-electron chi connectivity index (χ3n) is 5.99. The van der Waals surface area contributed by atoms with E-state index < -0.39 is 30.1 Å². The Morgan fingerprint density at radius 2 is 1.56 bits per heavy atom. The van der Waals surface area contributed by atoms with E-state index in [1.165, 1.54) is 6.92 Å². The molecule has 1 aromatic carbocycles. The second-order valence-corrected chi connectivity index (χ2v) is 10.9. The number of carbonyl (C=O) groups is 3. The molecule has 4 atom stereocenters. The van der Waals surface area contributed by atoms with Crippen molar-refractivity contribution in [1.29, 1.82) is 0 Å². The molecule has 1 aromatic rings. The fourth-order valence-electron chi connectivity index (χ4n) is 4.06. The minimum Gasteiger partial charge on any atom is -0.390 e. The summed E-state index contributed by atoms with van der Waals surface area (Å²) in [5, 5.41) is 29.9. The molecule has 0 bridgehead atoms. The van der Waals surface area contributed by atoms with Gasteiger partial charge in [-0.1, -0.05) is 70.9 Å². The molecule has 0 spiro atoms. The molecule has 204 valence electrons. The van der Waals surface area contributed by atoms with Crippen molar-refractivity contribution in [3.05, 3.63) is 35.9 Å². The number of rotatable bonds is 17. The standard InChI is InChI=1S/C27H45N3O5S/c1-6-11-21(12-7-2)36-17-22(30-19(5)31)26(34)29-16-23(32)25(33)24(18(3)4)27(35)28-15-20-13-9-8-10-14-20/h8-10,13-14,18,21-25,32-33H,6-7,11-12,15-17H2,1-5H3,(H,28,35)(H,29,34)(H,30,31). The predicted octanol–water partition coefficient (Wildman–Crippen LogP) is 2.62. The number of thioether (sulfide) groups is 1. The molecule has 3 amide bonds. The van der Waals surface area contributed by atoms with Gasteiger partial charge in [0.1, 0.15) is 6.04 Å². The average molecular weight is 524 g/mol. The number of amides is 3. The summed E-state index contributed by atoms with van der Waals surface area (Å²) in [4.78, 5) is 37.3. The lowest BCUT2D eigenvalue weighted by atomic mass is 9.86. The molecule has 1 rings (SSSR count). The highest BCUT2D eigenvalue weighted by Crippen LogP contribution is 2.22. The van der Waals surface area contributed by atoms with Crippen LogP contribution in [0.25, 0.3) is 0 Å². The number of hydrogen-bond donors (Lipinski definition) is 5. The number of hydrogen-bond acceptors (Lipinski definition) is 6. The van der Waals surface area contributed by atoms with E-state index in [1.807, 2.05) is 30.3 Å². The van der Waals surface area contributed by atoms with Gasteiger partial charge in [0.2, 0.25) is 17.7 Å². The maximum atomic E-state index is 12.8. The summed E-state index contributed by atoms with van der Waals surface area (Å²) in [5.74, 6) is -1.77. The van der Waals surface area contributed by atoms with Gasteiger partial charge in [-0.25, -0.2) is 0 Å². The van der Waals surface area contributed by atoms with E-state index in [0.29, 0.717) is 17.5 Å². The minimum atomic E-state index is -1.37. The summed E-state index contributed by atoms with van der Waals surface area (Å²) in [6, 6.07) is 8.68. The highest BCUT2D eigenvalue weighted by molar-refractivity contribution is 7.99. The first-order chi connectivity index (χ1) is 17.1. The van der Waals surface area contributed by atoms with Gasteiger partial charge >= 0.3 is 0 Å². The van der Waals surface area contributed by atoms with Crippen LogP contribution in [0.2, 0.25) is 0 Å². The van der Waals surface area contributed by atoms with Crippen molar-refractivity contribution < 1.29 is 24.6 Å². The Labute approximate surface area is 220 Å². The minimum absolute atomic E-state index is 0.233. The summed E-state index contributed by atoms with van der Waals surface area (Å²) < 4.78 is 0. The largest absolute Gasteiger partial charge is 0.390 e. The molecule has 8 nitrogen and oxygen atoms in total. The van der Waals surface area contributed by atoms with Gasteiger partial charge in [0.15, 0.2) is 0 Å². The van der Waals surface area contributed by atoms with Gasteiger partial charge < -0.3 is 26.2 Å². The summed E-state index contributed by atoms with van der Waals surface area (Å²) >= 11 is 1.67. The molecule has 0 aromatic heterocycles. The molecule has 0 aliphatic rings. The maximum Gasteiger partial charge on any atom is 0.243 e. The lowest BCUT2D eigenvalue weighted by molar-refractivity contribution is -0.135. The average Bonchev–Trinajstić information content (AvgIpc) is 2.83. The smallest absolute Gasteiger partial charge is 0.243 e. The van der Waals surface area contributed by atoms with Gasteiger partial charge in [0.05, 0.1) is 18.1 Å². The van der Waals surface area contributed by atoms with Crippen LogP contribution in [0.15, 0.2) is 30.3 Å². The molecule has 5 N–H and O–H groups in total. The number of carbonyl (C=O) groups excluding carboxylic acids is 3. The van der Waals surface area contributed by atoms with Crippen LogP contribution in [-0.4, -0.2) is 63.7 Å². The number of aliphatic hydroxyl groups is 2. The molecule has 36 heavy (non-hydrogen) atoms. The Morgan fingerprint density at radius 3 is 2.08 bits per heavy atom. The Bertz CT molecular complexity index is 787. The molecule has 0 aliphatic heterocycles. The van der Waals surface area contributed by atoms with Crippen LogP contribution in [-0.2, 0) is 20.9 Å². The van der Waals surface area contributed by atoms with Crippen molar-refractivity contribution in [1.82, 2.24) is 16.0 Å². The van der Waals surface area contributed by atoms with Crippen molar-refractivity contribution in [2.45, 2.75) is 90.3 Å². The molecular formula is C27H45N3O5S. The van der Waals surface area contributed by atoms with Gasteiger partial charge in [-0.05, 0) is 24.3 Å². The molecular weight excluding hydrogens is 478 g/mol. The zero-order valence-electron chi connectivity index (χ0n) is 22.3. The molecule has 0 aliphatic carbocycles. The van der Waals surface area contributed by atoms with Crippen LogP contribution in [0, 0.1) is 11.8 Å². The van der Waals surface area contributed by atoms with Crippen LogP contribution in [0.1, 0.15) is 65.9 Å².